The van der Waals surface area contributed by atoms with Crippen molar-refractivity contribution in [3.8, 4) is 0 Å². The zero-order valence-corrected chi connectivity index (χ0v) is 13.2. The molecule has 2 N–H and O–H groups in total. The zero-order chi connectivity index (χ0) is 15.4. The number of carbonyl (C=O) groups is 2. The summed E-state index contributed by atoms with van der Waals surface area (Å²) in [6, 6.07) is 4.79. The van der Waals surface area contributed by atoms with E-state index in [2.05, 4.69) is 10.6 Å². The van der Waals surface area contributed by atoms with Gasteiger partial charge in [0, 0.05) is 7.05 Å². The molecular formula is C14H17Cl2N3O2. The van der Waals surface area contributed by atoms with Gasteiger partial charge in [-0.3, -0.25) is 9.59 Å². The standard InChI is InChI=1S/C14H17Cl2N3O2/c1-19(14(21)11-6-3-7-17-11)8-12(20)18-13-9(15)4-2-5-10(13)16/h2,4-5,11,17H,3,6-8H2,1H3,(H,18,20). The van der Waals surface area contributed by atoms with Gasteiger partial charge in [0.05, 0.1) is 28.3 Å². The monoisotopic (exact) mass is 329 g/mol. The summed E-state index contributed by atoms with van der Waals surface area (Å²) in [4.78, 5) is 25.5. The van der Waals surface area contributed by atoms with Crippen LogP contribution in [0.15, 0.2) is 18.2 Å². The Kier molecular flexibility index (Phi) is 5.45. The number of anilines is 1. The number of hydrogen-bond donors (Lipinski definition) is 2. The maximum atomic E-state index is 12.1. The van der Waals surface area contributed by atoms with Crippen LogP contribution >= 0.6 is 23.2 Å². The van der Waals surface area contributed by atoms with Crippen LogP contribution in [0.2, 0.25) is 10.0 Å². The van der Waals surface area contributed by atoms with Crippen LogP contribution in [0.4, 0.5) is 5.69 Å². The second-order valence-corrected chi connectivity index (χ2v) is 5.80. The molecule has 0 spiro atoms. The predicted molar refractivity (Wildman–Crippen MR) is 83.8 cm³/mol. The van der Waals surface area contributed by atoms with E-state index in [1.165, 1.54) is 4.90 Å². The molecule has 0 bridgehead atoms. The third kappa shape index (κ3) is 4.09. The molecule has 2 amide bonds. The van der Waals surface area contributed by atoms with Gasteiger partial charge in [-0.2, -0.15) is 0 Å². The van der Waals surface area contributed by atoms with Crippen LogP contribution < -0.4 is 10.6 Å². The number of carbonyl (C=O) groups excluding carboxylic acids is 2. The van der Waals surface area contributed by atoms with Crippen molar-refractivity contribution >= 4 is 40.7 Å². The van der Waals surface area contributed by atoms with Gasteiger partial charge < -0.3 is 15.5 Å². The lowest BCUT2D eigenvalue weighted by molar-refractivity contribution is -0.134. The lowest BCUT2D eigenvalue weighted by atomic mass is 10.2. The van der Waals surface area contributed by atoms with E-state index in [4.69, 9.17) is 23.2 Å². The summed E-state index contributed by atoms with van der Waals surface area (Å²) in [7, 11) is 1.61. The molecule has 7 heteroatoms. The lowest BCUT2D eigenvalue weighted by Gasteiger charge is -2.21. The zero-order valence-electron chi connectivity index (χ0n) is 11.7. The Labute approximate surface area is 133 Å². The second kappa shape index (κ2) is 7.11. The van der Waals surface area contributed by atoms with Crippen LogP contribution in [-0.2, 0) is 9.59 Å². The van der Waals surface area contributed by atoms with Gasteiger partial charge in [-0.05, 0) is 31.5 Å². The Morgan fingerprint density at radius 1 is 1.38 bits per heavy atom. The number of halogens is 2. The summed E-state index contributed by atoms with van der Waals surface area (Å²) in [6.45, 7) is 0.796. The van der Waals surface area contributed by atoms with E-state index >= 15 is 0 Å². The molecule has 1 fully saturated rings. The SMILES string of the molecule is CN(CC(=O)Nc1c(Cl)cccc1Cl)C(=O)C1CCCN1. The average molecular weight is 330 g/mol. The molecule has 2 rings (SSSR count). The summed E-state index contributed by atoms with van der Waals surface area (Å²) in [6.07, 6.45) is 1.78. The lowest BCUT2D eigenvalue weighted by Crippen LogP contribution is -2.44. The van der Waals surface area contributed by atoms with Crippen molar-refractivity contribution in [2.24, 2.45) is 0 Å². The Morgan fingerprint density at radius 3 is 2.62 bits per heavy atom. The molecule has 1 aliphatic rings. The van der Waals surface area contributed by atoms with Crippen LogP contribution in [0.25, 0.3) is 0 Å². The number of benzene rings is 1. The quantitative estimate of drug-likeness (QED) is 0.889. The van der Waals surface area contributed by atoms with E-state index in [1.54, 1.807) is 25.2 Å². The fraction of sp³-hybridized carbons (Fsp3) is 0.429. The summed E-state index contributed by atoms with van der Waals surface area (Å²) in [5, 5.41) is 6.48. The van der Waals surface area contributed by atoms with Gasteiger partial charge in [0.1, 0.15) is 0 Å². The molecule has 114 valence electrons. The Balaban J connectivity index is 1.93. The normalized spacial score (nSPS) is 17.6. The Hall–Kier alpha value is -1.30. The molecule has 0 aromatic heterocycles. The van der Waals surface area contributed by atoms with Crippen molar-refractivity contribution in [3.05, 3.63) is 28.2 Å². The van der Waals surface area contributed by atoms with Crippen molar-refractivity contribution in [1.29, 1.82) is 0 Å². The van der Waals surface area contributed by atoms with Gasteiger partial charge in [0.25, 0.3) is 0 Å². The molecule has 1 unspecified atom stereocenters. The minimum absolute atomic E-state index is 0.0431. The Morgan fingerprint density at radius 2 is 2.05 bits per heavy atom. The van der Waals surface area contributed by atoms with Gasteiger partial charge in [-0.1, -0.05) is 29.3 Å². The van der Waals surface area contributed by atoms with Crippen LogP contribution in [0.5, 0.6) is 0 Å². The first-order chi connectivity index (χ1) is 9.99. The highest BCUT2D eigenvalue weighted by atomic mass is 35.5. The predicted octanol–water partition coefficient (Wildman–Crippen LogP) is 2.14. The van der Waals surface area contributed by atoms with Crippen LogP contribution in [-0.4, -0.2) is 42.9 Å². The molecule has 1 aliphatic heterocycles. The van der Waals surface area contributed by atoms with Crippen molar-refractivity contribution in [1.82, 2.24) is 10.2 Å². The number of para-hydroxylation sites is 1. The molecule has 0 saturated carbocycles. The van der Waals surface area contributed by atoms with Gasteiger partial charge in [-0.25, -0.2) is 0 Å². The fourth-order valence-corrected chi connectivity index (χ4v) is 2.74. The van der Waals surface area contributed by atoms with Gasteiger partial charge in [0.2, 0.25) is 11.8 Å². The van der Waals surface area contributed by atoms with E-state index in [1.807, 2.05) is 0 Å². The van der Waals surface area contributed by atoms with Crippen LogP contribution in [0.3, 0.4) is 0 Å². The highest BCUT2D eigenvalue weighted by Gasteiger charge is 2.26. The van der Waals surface area contributed by atoms with Crippen LogP contribution in [0, 0.1) is 0 Å². The molecule has 1 aromatic rings. The van der Waals surface area contributed by atoms with Crippen molar-refractivity contribution < 1.29 is 9.59 Å². The smallest absolute Gasteiger partial charge is 0.244 e. The third-order valence-electron chi connectivity index (χ3n) is 3.34. The molecule has 0 aliphatic carbocycles. The second-order valence-electron chi connectivity index (χ2n) is 4.99. The third-order valence-corrected chi connectivity index (χ3v) is 3.97. The first-order valence-electron chi connectivity index (χ1n) is 6.71. The fourth-order valence-electron chi connectivity index (χ4n) is 2.25. The molecule has 1 saturated heterocycles. The van der Waals surface area contributed by atoms with Crippen molar-refractivity contribution in [2.45, 2.75) is 18.9 Å². The summed E-state index contributed by atoms with van der Waals surface area (Å²) in [5.41, 5.74) is 0.366. The maximum absolute atomic E-state index is 12.1. The van der Waals surface area contributed by atoms with E-state index in [-0.39, 0.29) is 24.4 Å². The number of nitrogens with one attached hydrogen (secondary N) is 2. The number of hydrogen-bond acceptors (Lipinski definition) is 3. The van der Waals surface area contributed by atoms with Crippen molar-refractivity contribution in [3.63, 3.8) is 0 Å². The number of likely N-dealkylation sites (N-methyl/N-ethyl adjacent to an activating group) is 1. The minimum Gasteiger partial charge on any atom is -0.335 e. The minimum atomic E-state index is -0.334. The van der Waals surface area contributed by atoms with Crippen LogP contribution in [0.1, 0.15) is 12.8 Å². The molecule has 1 atom stereocenters. The number of amides is 2. The summed E-state index contributed by atoms with van der Waals surface area (Å²) >= 11 is 12.0. The van der Waals surface area contributed by atoms with E-state index in [0.29, 0.717) is 15.7 Å². The topological polar surface area (TPSA) is 61.4 Å². The first kappa shape index (κ1) is 16.1. The summed E-state index contributed by atoms with van der Waals surface area (Å²) in [5.74, 6) is -0.410. The largest absolute Gasteiger partial charge is 0.335 e. The van der Waals surface area contributed by atoms with Crippen molar-refractivity contribution in [2.75, 3.05) is 25.5 Å². The van der Waals surface area contributed by atoms with Gasteiger partial charge in [0.15, 0.2) is 0 Å². The first-order valence-corrected chi connectivity index (χ1v) is 7.47. The highest BCUT2D eigenvalue weighted by molar-refractivity contribution is 6.39. The van der Waals surface area contributed by atoms with Gasteiger partial charge in [-0.15, -0.1) is 0 Å². The molecule has 1 aromatic carbocycles. The van der Waals surface area contributed by atoms with E-state index < -0.39 is 0 Å². The average Bonchev–Trinajstić information content (AvgIpc) is 2.96. The molecule has 21 heavy (non-hydrogen) atoms. The maximum Gasteiger partial charge on any atom is 0.244 e. The number of nitrogens with zero attached hydrogens (tertiary/aromatic N) is 1. The molecule has 1 heterocycles. The molecule has 0 radical (unpaired) electrons. The highest BCUT2D eigenvalue weighted by Crippen LogP contribution is 2.29. The van der Waals surface area contributed by atoms with E-state index in [9.17, 15) is 9.59 Å². The van der Waals surface area contributed by atoms with Gasteiger partial charge >= 0.3 is 0 Å². The molecule has 5 nitrogen and oxygen atoms in total. The molecular weight excluding hydrogens is 313 g/mol. The summed E-state index contributed by atoms with van der Waals surface area (Å²) < 4.78 is 0. The number of rotatable bonds is 4. The Bertz CT molecular complexity index is 525. The van der Waals surface area contributed by atoms with E-state index in [0.717, 1.165) is 19.4 Å².